The molecule has 1 aromatic heterocycles. The van der Waals surface area contributed by atoms with Crippen LogP contribution in [0.25, 0.3) is 10.9 Å². The van der Waals surface area contributed by atoms with Crippen molar-refractivity contribution in [2.75, 3.05) is 37.3 Å². The lowest BCUT2D eigenvalue weighted by Gasteiger charge is -2.36. The van der Waals surface area contributed by atoms with Gasteiger partial charge in [-0.3, -0.25) is 0 Å². The number of amides is 1. The van der Waals surface area contributed by atoms with Crippen molar-refractivity contribution in [1.82, 2.24) is 14.9 Å². The van der Waals surface area contributed by atoms with Gasteiger partial charge in [0.1, 0.15) is 5.60 Å². The lowest BCUT2D eigenvalue weighted by atomic mass is 10.2. The average molecular weight is 360 g/mol. The fourth-order valence-corrected chi connectivity index (χ4v) is 3.12. The molecular formula is C18H24N4O2S. The van der Waals surface area contributed by atoms with Crippen molar-refractivity contribution in [3.05, 3.63) is 24.4 Å². The zero-order valence-electron chi connectivity index (χ0n) is 15.2. The molecule has 1 fully saturated rings. The van der Waals surface area contributed by atoms with Crippen molar-refractivity contribution in [2.45, 2.75) is 31.5 Å². The first-order valence-corrected chi connectivity index (χ1v) is 9.62. The Kier molecular flexibility index (Phi) is 5.03. The Morgan fingerprint density at radius 1 is 1.20 bits per heavy atom. The smallest absolute Gasteiger partial charge is 0.410 e. The van der Waals surface area contributed by atoms with E-state index in [2.05, 4.69) is 27.0 Å². The number of hydrogen-bond acceptors (Lipinski definition) is 6. The molecule has 0 spiro atoms. The molecule has 3 rings (SSSR count). The van der Waals surface area contributed by atoms with Crippen LogP contribution in [-0.4, -0.2) is 59.0 Å². The predicted molar refractivity (Wildman–Crippen MR) is 101 cm³/mol. The number of ether oxygens (including phenoxy) is 1. The van der Waals surface area contributed by atoms with Crippen molar-refractivity contribution in [3.63, 3.8) is 0 Å². The summed E-state index contributed by atoms with van der Waals surface area (Å²) >= 11 is 1.54. The molecule has 7 heteroatoms. The maximum absolute atomic E-state index is 12.2. The molecule has 0 radical (unpaired) electrons. The Bertz CT molecular complexity index is 767. The molecule has 0 N–H and O–H groups in total. The molecule has 0 bridgehead atoms. The summed E-state index contributed by atoms with van der Waals surface area (Å²) in [6.07, 6.45) is 3.61. The SMILES string of the molecule is CSc1ncc2cc(N3CCN(C(=O)OC(C)(C)C)CC3)ccc2n1. The van der Waals surface area contributed by atoms with Crippen LogP contribution in [0.4, 0.5) is 10.5 Å². The molecule has 1 amide bonds. The predicted octanol–water partition coefficient (Wildman–Crippen LogP) is 3.41. The standard InChI is InChI=1S/C18H24N4O2S/c1-18(2,3)24-17(23)22-9-7-21(8-10-22)14-5-6-15-13(11-14)12-19-16(20-15)25-4/h5-6,11-12H,7-10H2,1-4H3. The maximum atomic E-state index is 12.2. The Labute approximate surface area is 152 Å². The third kappa shape index (κ3) is 4.34. The first-order chi connectivity index (χ1) is 11.9. The minimum absolute atomic E-state index is 0.233. The van der Waals surface area contributed by atoms with Crippen LogP contribution < -0.4 is 4.90 Å². The molecule has 2 aromatic rings. The van der Waals surface area contributed by atoms with E-state index in [0.29, 0.717) is 13.1 Å². The van der Waals surface area contributed by atoms with Crippen LogP contribution in [0.15, 0.2) is 29.6 Å². The molecule has 0 atom stereocenters. The van der Waals surface area contributed by atoms with Gasteiger partial charge in [0, 0.05) is 43.4 Å². The van der Waals surface area contributed by atoms with E-state index in [1.54, 1.807) is 16.7 Å². The monoisotopic (exact) mass is 360 g/mol. The number of carbonyl (C=O) groups excluding carboxylic acids is 1. The Morgan fingerprint density at radius 2 is 1.92 bits per heavy atom. The second-order valence-electron chi connectivity index (χ2n) is 7.05. The second kappa shape index (κ2) is 7.07. The number of carbonyl (C=O) groups is 1. The van der Waals surface area contributed by atoms with Crippen LogP contribution in [0.1, 0.15) is 20.8 Å². The van der Waals surface area contributed by atoms with E-state index in [9.17, 15) is 4.79 Å². The van der Waals surface area contributed by atoms with E-state index in [-0.39, 0.29) is 6.09 Å². The molecule has 1 aliphatic heterocycles. The Balaban J connectivity index is 1.66. The van der Waals surface area contributed by atoms with Gasteiger partial charge in [-0.1, -0.05) is 11.8 Å². The number of aromatic nitrogens is 2. The molecule has 25 heavy (non-hydrogen) atoms. The van der Waals surface area contributed by atoms with E-state index < -0.39 is 5.60 Å². The fraction of sp³-hybridized carbons (Fsp3) is 0.500. The quantitative estimate of drug-likeness (QED) is 0.604. The number of thioether (sulfide) groups is 1. The summed E-state index contributed by atoms with van der Waals surface area (Å²) in [4.78, 5) is 25.1. The van der Waals surface area contributed by atoms with Crippen LogP contribution in [-0.2, 0) is 4.74 Å². The van der Waals surface area contributed by atoms with Gasteiger partial charge in [0.05, 0.1) is 5.52 Å². The maximum Gasteiger partial charge on any atom is 0.410 e. The van der Waals surface area contributed by atoms with Gasteiger partial charge < -0.3 is 14.5 Å². The molecular weight excluding hydrogens is 336 g/mol. The normalized spacial score (nSPS) is 15.5. The number of benzene rings is 1. The number of nitrogens with zero attached hydrogens (tertiary/aromatic N) is 4. The van der Waals surface area contributed by atoms with Crippen LogP contribution in [0.3, 0.4) is 0 Å². The number of piperazine rings is 1. The molecule has 1 aromatic carbocycles. The summed E-state index contributed by atoms with van der Waals surface area (Å²) in [5, 5.41) is 1.82. The highest BCUT2D eigenvalue weighted by molar-refractivity contribution is 7.98. The van der Waals surface area contributed by atoms with Crippen molar-refractivity contribution in [3.8, 4) is 0 Å². The topological polar surface area (TPSA) is 58.6 Å². The molecule has 0 unspecified atom stereocenters. The Hall–Kier alpha value is -2.02. The summed E-state index contributed by atoms with van der Waals surface area (Å²) < 4.78 is 5.45. The van der Waals surface area contributed by atoms with Gasteiger partial charge in [-0.2, -0.15) is 0 Å². The molecule has 0 saturated carbocycles. The number of rotatable bonds is 2. The van der Waals surface area contributed by atoms with E-state index in [0.717, 1.165) is 34.8 Å². The van der Waals surface area contributed by atoms with Gasteiger partial charge in [-0.25, -0.2) is 14.8 Å². The van der Waals surface area contributed by atoms with E-state index in [1.165, 1.54) is 0 Å². The first-order valence-electron chi connectivity index (χ1n) is 8.39. The number of hydrogen-bond donors (Lipinski definition) is 0. The molecule has 6 nitrogen and oxygen atoms in total. The van der Waals surface area contributed by atoms with Crippen LogP contribution >= 0.6 is 11.8 Å². The van der Waals surface area contributed by atoms with Crippen molar-refractivity contribution >= 4 is 34.4 Å². The average Bonchev–Trinajstić information content (AvgIpc) is 2.59. The Morgan fingerprint density at radius 3 is 2.56 bits per heavy atom. The second-order valence-corrected chi connectivity index (χ2v) is 7.83. The highest BCUT2D eigenvalue weighted by Crippen LogP contribution is 2.23. The molecule has 134 valence electrons. The molecule has 1 saturated heterocycles. The molecule has 1 aliphatic rings. The third-order valence-electron chi connectivity index (χ3n) is 4.02. The summed E-state index contributed by atoms with van der Waals surface area (Å²) in [6, 6.07) is 6.23. The van der Waals surface area contributed by atoms with Crippen LogP contribution in [0.2, 0.25) is 0 Å². The minimum atomic E-state index is -0.456. The summed E-state index contributed by atoms with van der Waals surface area (Å²) in [5.41, 5.74) is 1.63. The van der Waals surface area contributed by atoms with Crippen molar-refractivity contribution in [1.29, 1.82) is 0 Å². The summed E-state index contributed by atoms with van der Waals surface area (Å²) in [6.45, 7) is 8.56. The highest BCUT2D eigenvalue weighted by atomic mass is 32.2. The zero-order valence-corrected chi connectivity index (χ0v) is 16.0. The van der Waals surface area contributed by atoms with E-state index in [1.807, 2.05) is 39.3 Å². The van der Waals surface area contributed by atoms with Crippen LogP contribution in [0.5, 0.6) is 0 Å². The lowest BCUT2D eigenvalue weighted by Crippen LogP contribution is -2.50. The van der Waals surface area contributed by atoms with Gasteiger partial charge in [0.15, 0.2) is 5.16 Å². The van der Waals surface area contributed by atoms with E-state index >= 15 is 0 Å². The largest absolute Gasteiger partial charge is 0.444 e. The lowest BCUT2D eigenvalue weighted by molar-refractivity contribution is 0.0240. The first kappa shape index (κ1) is 17.8. The van der Waals surface area contributed by atoms with Gasteiger partial charge in [0.2, 0.25) is 0 Å². The van der Waals surface area contributed by atoms with Gasteiger partial charge >= 0.3 is 6.09 Å². The van der Waals surface area contributed by atoms with Gasteiger partial charge in [-0.15, -0.1) is 0 Å². The third-order valence-corrected chi connectivity index (χ3v) is 4.58. The summed E-state index contributed by atoms with van der Waals surface area (Å²) in [5.74, 6) is 0. The van der Waals surface area contributed by atoms with Gasteiger partial charge in [-0.05, 0) is 45.2 Å². The minimum Gasteiger partial charge on any atom is -0.444 e. The van der Waals surface area contributed by atoms with Crippen molar-refractivity contribution < 1.29 is 9.53 Å². The summed E-state index contributed by atoms with van der Waals surface area (Å²) in [7, 11) is 0. The van der Waals surface area contributed by atoms with E-state index in [4.69, 9.17) is 4.74 Å². The molecule has 0 aliphatic carbocycles. The number of fused-ring (bicyclic) bond motifs is 1. The van der Waals surface area contributed by atoms with Crippen molar-refractivity contribution in [2.24, 2.45) is 0 Å². The fourth-order valence-electron chi connectivity index (χ4n) is 2.77. The number of anilines is 1. The highest BCUT2D eigenvalue weighted by Gasteiger charge is 2.26. The molecule has 2 heterocycles. The zero-order chi connectivity index (χ0) is 18.0. The van der Waals surface area contributed by atoms with Crippen LogP contribution in [0, 0.1) is 0 Å². The van der Waals surface area contributed by atoms with Gasteiger partial charge in [0.25, 0.3) is 0 Å².